The lowest BCUT2D eigenvalue weighted by Gasteiger charge is -2.32. The molecule has 0 aliphatic heterocycles. The number of sulfonamides is 1. The summed E-state index contributed by atoms with van der Waals surface area (Å²) >= 11 is 0. The van der Waals surface area contributed by atoms with Crippen LogP contribution in [0.25, 0.3) is 0 Å². The fourth-order valence-electron chi connectivity index (χ4n) is 1.59. The molecule has 1 amide bonds. The fourth-order valence-corrected chi connectivity index (χ4v) is 2.94. The molecule has 1 heterocycles. The largest absolute Gasteiger partial charge is 0.360 e. The molecule has 0 saturated heterocycles. The number of aromatic nitrogens is 1. The first-order valence-corrected chi connectivity index (χ1v) is 7.56. The first-order valence-electron chi connectivity index (χ1n) is 5.71. The molecule has 19 heavy (non-hydrogen) atoms. The number of nitrogens with one attached hydrogen (secondary N) is 1. The van der Waals surface area contributed by atoms with Crippen LogP contribution in [0.15, 0.2) is 10.6 Å². The van der Waals surface area contributed by atoms with Crippen molar-refractivity contribution in [3.8, 4) is 0 Å². The third kappa shape index (κ3) is 4.64. The van der Waals surface area contributed by atoms with Crippen molar-refractivity contribution < 1.29 is 17.7 Å². The van der Waals surface area contributed by atoms with Crippen LogP contribution in [0.4, 0.5) is 5.82 Å². The van der Waals surface area contributed by atoms with Gasteiger partial charge in [-0.15, -0.1) is 0 Å². The zero-order valence-corrected chi connectivity index (χ0v) is 12.5. The van der Waals surface area contributed by atoms with Gasteiger partial charge in [0.2, 0.25) is 15.9 Å². The summed E-state index contributed by atoms with van der Waals surface area (Å²) in [6, 6.07) is 1.56. The molecule has 1 aromatic heterocycles. The van der Waals surface area contributed by atoms with Gasteiger partial charge in [-0.1, -0.05) is 5.16 Å². The van der Waals surface area contributed by atoms with Gasteiger partial charge >= 0.3 is 0 Å². The maximum Gasteiger partial charge on any atom is 0.240 e. The number of rotatable bonds is 4. The molecule has 7 nitrogen and oxygen atoms in total. The van der Waals surface area contributed by atoms with Crippen LogP contribution in [-0.4, -0.2) is 42.1 Å². The molecule has 0 aliphatic carbocycles. The minimum atomic E-state index is -3.48. The highest BCUT2D eigenvalue weighted by Gasteiger charge is 2.31. The van der Waals surface area contributed by atoms with Crippen molar-refractivity contribution in [1.29, 1.82) is 0 Å². The van der Waals surface area contributed by atoms with E-state index in [-0.39, 0.29) is 12.4 Å². The molecule has 0 spiro atoms. The lowest BCUT2D eigenvalue weighted by atomic mass is 10.1. The average molecular weight is 289 g/mol. The predicted octanol–water partition coefficient (Wildman–Crippen LogP) is 0.982. The molecule has 1 rings (SSSR count). The molecule has 0 bridgehead atoms. The van der Waals surface area contributed by atoms with Gasteiger partial charge in [-0.25, -0.2) is 8.42 Å². The van der Waals surface area contributed by atoms with Crippen molar-refractivity contribution >= 4 is 21.7 Å². The van der Waals surface area contributed by atoms with Gasteiger partial charge in [0.25, 0.3) is 0 Å². The lowest BCUT2D eigenvalue weighted by Crippen LogP contribution is -2.48. The second kappa shape index (κ2) is 5.30. The second-order valence-electron chi connectivity index (χ2n) is 5.31. The summed E-state index contributed by atoms with van der Waals surface area (Å²) in [4.78, 5) is 11.8. The van der Waals surface area contributed by atoms with E-state index in [1.807, 2.05) is 0 Å². The number of anilines is 1. The van der Waals surface area contributed by atoms with E-state index in [1.165, 1.54) is 0 Å². The van der Waals surface area contributed by atoms with Crippen molar-refractivity contribution in [3.63, 3.8) is 0 Å². The molecule has 0 aliphatic rings. The van der Waals surface area contributed by atoms with E-state index < -0.39 is 21.5 Å². The first kappa shape index (κ1) is 15.6. The van der Waals surface area contributed by atoms with Gasteiger partial charge in [0.05, 0.1) is 12.8 Å². The molecule has 0 fully saturated rings. The Kier molecular flexibility index (Phi) is 4.36. The third-order valence-electron chi connectivity index (χ3n) is 2.33. The molecule has 0 atom stereocenters. The van der Waals surface area contributed by atoms with Gasteiger partial charge in [-0.05, 0) is 27.7 Å². The summed E-state index contributed by atoms with van der Waals surface area (Å²) in [7, 11) is -3.48. The Labute approximate surface area is 113 Å². The molecule has 0 unspecified atom stereocenters. The lowest BCUT2D eigenvalue weighted by molar-refractivity contribution is -0.117. The summed E-state index contributed by atoms with van der Waals surface area (Å²) in [5, 5.41) is 6.10. The molecule has 0 saturated carbocycles. The molecule has 108 valence electrons. The van der Waals surface area contributed by atoms with Crippen molar-refractivity contribution in [3.05, 3.63) is 11.8 Å². The van der Waals surface area contributed by atoms with Gasteiger partial charge in [0.1, 0.15) is 5.76 Å². The standard InChI is InChI=1S/C11H19N3O4S/c1-8-6-9(13-18-8)12-10(15)7-14(11(2,3)4)19(5,16)17/h6H,7H2,1-5H3,(H,12,13,15). The number of nitrogens with zero attached hydrogens (tertiary/aromatic N) is 2. The Balaban J connectivity index is 2.78. The van der Waals surface area contributed by atoms with Gasteiger partial charge in [-0.2, -0.15) is 4.31 Å². The Morgan fingerprint density at radius 3 is 2.42 bits per heavy atom. The Morgan fingerprint density at radius 1 is 1.47 bits per heavy atom. The Morgan fingerprint density at radius 2 is 2.05 bits per heavy atom. The van der Waals surface area contributed by atoms with E-state index in [2.05, 4.69) is 10.5 Å². The zero-order valence-electron chi connectivity index (χ0n) is 11.7. The highest BCUT2D eigenvalue weighted by Crippen LogP contribution is 2.17. The van der Waals surface area contributed by atoms with E-state index in [9.17, 15) is 13.2 Å². The molecule has 0 radical (unpaired) electrons. The van der Waals surface area contributed by atoms with E-state index in [1.54, 1.807) is 33.8 Å². The molecule has 1 aromatic rings. The Bertz CT molecular complexity index is 557. The summed E-state index contributed by atoms with van der Waals surface area (Å²) in [5.41, 5.74) is -0.676. The number of hydrogen-bond acceptors (Lipinski definition) is 5. The maximum atomic E-state index is 11.8. The van der Waals surface area contributed by atoms with Crippen LogP contribution in [-0.2, 0) is 14.8 Å². The van der Waals surface area contributed by atoms with E-state index >= 15 is 0 Å². The van der Waals surface area contributed by atoms with Crippen LogP contribution < -0.4 is 5.32 Å². The number of carbonyl (C=O) groups excluding carboxylic acids is 1. The molecule has 1 N–H and O–H groups in total. The van der Waals surface area contributed by atoms with Crippen LogP contribution in [0, 0.1) is 6.92 Å². The predicted molar refractivity (Wildman–Crippen MR) is 71.2 cm³/mol. The maximum absolute atomic E-state index is 11.8. The quantitative estimate of drug-likeness (QED) is 0.892. The number of amides is 1. The van der Waals surface area contributed by atoms with Gasteiger partial charge < -0.3 is 9.84 Å². The minimum absolute atomic E-state index is 0.268. The van der Waals surface area contributed by atoms with Crippen LogP contribution in [0.1, 0.15) is 26.5 Å². The van der Waals surface area contributed by atoms with Crippen LogP contribution in [0.2, 0.25) is 0 Å². The summed E-state index contributed by atoms with van der Waals surface area (Å²) in [5.74, 6) is 0.365. The SMILES string of the molecule is Cc1cc(NC(=O)CN(C(C)(C)C)S(C)(=O)=O)no1. The van der Waals surface area contributed by atoms with Gasteiger partial charge in [0.15, 0.2) is 5.82 Å². The Hall–Kier alpha value is -1.41. The fraction of sp³-hybridized carbons (Fsp3) is 0.636. The van der Waals surface area contributed by atoms with Crippen LogP contribution >= 0.6 is 0 Å². The van der Waals surface area contributed by atoms with Gasteiger partial charge in [0, 0.05) is 11.6 Å². The summed E-state index contributed by atoms with van der Waals surface area (Å²) in [6.45, 7) is 6.60. The second-order valence-corrected chi connectivity index (χ2v) is 7.22. The van der Waals surface area contributed by atoms with Crippen molar-refractivity contribution in [2.75, 3.05) is 18.1 Å². The summed E-state index contributed by atoms with van der Waals surface area (Å²) < 4.78 is 29.3. The highest BCUT2D eigenvalue weighted by atomic mass is 32.2. The van der Waals surface area contributed by atoms with Gasteiger partial charge in [-0.3, -0.25) is 4.79 Å². The third-order valence-corrected chi connectivity index (χ3v) is 3.81. The smallest absolute Gasteiger partial charge is 0.240 e. The van der Waals surface area contributed by atoms with Crippen molar-refractivity contribution in [2.24, 2.45) is 0 Å². The topological polar surface area (TPSA) is 92.5 Å². The van der Waals surface area contributed by atoms with Crippen LogP contribution in [0.3, 0.4) is 0 Å². The van der Waals surface area contributed by atoms with E-state index in [4.69, 9.17) is 4.52 Å². The monoisotopic (exact) mass is 289 g/mol. The average Bonchev–Trinajstić information content (AvgIpc) is 2.57. The first-order chi connectivity index (χ1) is 8.50. The molecule has 0 aromatic carbocycles. The summed E-state index contributed by atoms with van der Waals surface area (Å²) in [6.07, 6.45) is 1.08. The molecule has 8 heteroatoms. The van der Waals surface area contributed by atoms with Crippen molar-refractivity contribution in [2.45, 2.75) is 33.2 Å². The normalized spacial score (nSPS) is 12.7. The minimum Gasteiger partial charge on any atom is -0.360 e. The zero-order chi connectivity index (χ0) is 14.8. The van der Waals surface area contributed by atoms with E-state index in [0.29, 0.717) is 5.76 Å². The van der Waals surface area contributed by atoms with Crippen LogP contribution in [0.5, 0.6) is 0 Å². The number of aryl methyl sites for hydroxylation is 1. The van der Waals surface area contributed by atoms with E-state index in [0.717, 1.165) is 10.6 Å². The molecular weight excluding hydrogens is 270 g/mol. The van der Waals surface area contributed by atoms with Crippen molar-refractivity contribution in [1.82, 2.24) is 9.46 Å². The molecular formula is C11H19N3O4S. The number of carbonyl (C=O) groups is 1. The number of hydrogen-bond donors (Lipinski definition) is 1. The highest BCUT2D eigenvalue weighted by molar-refractivity contribution is 7.88.